The van der Waals surface area contributed by atoms with Crippen LogP contribution >= 0.6 is 11.3 Å². The molecule has 6 rings (SSSR count). The van der Waals surface area contributed by atoms with Crippen molar-refractivity contribution < 1.29 is 14.3 Å². The van der Waals surface area contributed by atoms with Crippen molar-refractivity contribution in [2.45, 2.75) is 43.9 Å². The molecule has 1 amide bonds. The van der Waals surface area contributed by atoms with Gasteiger partial charge in [0.15, 0.2) is 6.61 Å². The van der Waals surface area contributed by atoms with Crippen LogP contribution in [0.5, 0.6) is 0 Å². The second kappa shape index (κ2) is 7.24. The maximum Gasteiger partial charge on any atom is 0.312 e. The predicted molar refractivity (Wildman–Crippen MR) is 114 cm³/mol. The molecule has 154 valence electrons. The second-order valence-corrected chi connectivity index (χ2v) is 10.2. The van der Waals surface area contributed by atoms with E-state index in [9.17, 15) is 9.59 Å². The van der Waals surface area contributed by atoms with Crippen molar-refractivity contribution in [3.8, 4) is 6.07 Å². The van der Waals surface area contributed by atoms with Crippen LogP contribution in [-0.4, -0.2) is 18.5 Å². The first-order valence-corrected chi connectivity index (χ1v) is 11.4. The van der Waals surface area contributed by atoms with E-state index in [0.29, 0.717) is 22.4 Å². The summed E-state index contributed by atoms with van der Waals surface area (Å²) in [5.41, 5.74) is 1.35. The van der Waals surface area contributed by atoms with Crippen molar-refractivity contribution in [1.82, 2.24) is 0 Å². The number of hydrogen-bond donors (Lipinski definition) is 1. The molecule has 4 aliphatic carbocycles. The third-order valence-electron chi connectivity index (χ3n) is 7.25. The summed E-state index contributed by atoms with van der Waals surface area (Å²) < 4.78 is 5.56. The summed E-state index contributed by atoms with van der Waals surface area (Å²) in [6, 6.07) is 14.3. The average molecular weight is 421 g/mol. The summed E-state index contributed by atoms with van der Waals surface area (Å²) >= 11 is 1.29. The Balaban J connectivity index is 1.30. The zero-order valence-corrected chi connectivity index (χ0v) is 17.5. The van der Waals surface area contributed by atoms with Crippen molar-refractivity contribution in [3.05, 3.63) is 52.9 Å². The fourth-order valence-electron chi connectivity index (χ4n) is 6.57. The SMILES string of the molecule is N#Cc1ccsc1NC(=O)COC(=O)C12C[C@H]3C[C@@H](C1)CC(c1ccccc1)(C3)C2. The van der Waals surface area contributed by atoms with Gasteiger partial charge in [0.25, 0.3) is 5.91 Å². The molecule has 1 N–H and O–H groups in total. The molecule has 5 nitrogen and oxygen atoms in total. The van der Waals surface area contributed by atoms with Crippen LogP contribution in [0.4, 0.5) is 5.00 Å². The highest BCUT2D eigenvalue weighted by Gasteiger charge is 2.61. The number of amides is 1. The van der Waals surface area contributed by atoms with Crippen LogP contribution in [0.2, 0.25) is 0 Å². The molecule has 4 bridgehead atoms. The summed E-state index contributed by atoms with van der Waals surface area (Å²) in [4.78, 5) is 25.6. The zero-order valence-electron chi connectivity index (χ0n) is 16.7. The van der Waals surface area contributed by atoms with Crippen LogP contribution in [0, 0.1) is 28.6 Å². The first-order chi connectivity index (χ1) is 14.5. The molecule has 0 radical (unpaired) electrons. The number of ether oxygens (including phenoxy) is 1. The van der Waals surface area contributed by atoms with E-state index in [0.717, 1.165) is 32.1 Å². The van der Waals surface area contributed by atoms with Crippen molar-refractivity contribution >= 4 is 28.2 Å². The lowest BCUT2D eigenvalue weighted by Crippen LogP contribution is -2.57. The summed E-state index contributed by atoms with van der Waals surface area (Å²) in [5.74, 6) is 0.484. The lowest BCUT2D eigenvalue weighted by Gasteiger charge is -2.61. The van der Waals surface area contributed by atoms with E-state index in [1.54, 1.807) is 11.4 Å². The molecule has 0 saturated heterocycles. The van der Waals surface area contributed by atoms with Gasteiger partial charge in [-0.2, -0.15) is 5.26 Å². The lowest BCUT2D eigenvalue weighted by atomic mass is 9.43. The number of carbonyl (C=O) groups is 2. The molecule has 1 aromatic carbocycles. The van der Waals surface area contributed by atoms with Crippen LogP contribution in [0.25, 0.3) is 0 Å². The highest BCUT2D eigenvalue weighted by Crippen LogP contribution is 2.66. The number of hydrogen-bond acceptors (Lipinski definition) is 5. The van der Waals surface area contributed by atoms with Crippen molar-refractivity contribution in [2.24, 2.45) is 17.3 Å². The molecule has 4 atom stereocenters. The Labute approximate surface area is 180 Å². The summed E-state index contributed by atoms with van der Waals surface area (Å²) in [5, 5.41) is 14.0. The highest BCUT2D eigenvalue weighted by atomic mass is 32.1. The predicted octanol–water partition coefficient (Wildman–Crippen LogP) is 4.64. The van der Waals surface area contributed by atoms with Gasteiger partial charge < -0.3 is 10.1 Å². The molecule has 4 fully saturated rings. The van der Waals surface area contributed by atoms with E-state index < -0.39 is 11.3 Å². The number of nitrogens with one attached hydrogen (secondary N) is 1. The number of carbonyl (C=O) groups excluding carboxylic acids is 2. The van der Waals surface area contributed by atoms with Crippen molar-refractivity contribution in [1.29, 1.82) is 5.26 Å². The van der Waals surface area contributed by atoms with Crippen LogP contribution < -0.4 is 5.32 Å². The molecule has 1 aromatic heterocycles. The largest absolute Gasteiger partial charge is 0.455 e. The molecule has 4 saturated carbocycles. The normalized spacial score (nSPS) is 31.2. The van der Waals surface area contributed by atoms with E-state index in [1.165, 1.54) is 23.3 Å². The fraction of sp³-hybridized carbons (Fsp3) is 0.458. The highest BCUT2D eigenvalue weighted by molar-refractivity contribution is 7.14. The molecular formula is C24H24N2O3S. The minimum absolute atomic E-state index is 0.0608. The molecule has 2 unspecified atom stereocenters. The second-order valence-electron chi connectivity index (χ2n) is 9.29. The van der Waals surface area contributed by atoms with Gasteiger partial charge in [-0.25, -0.2) is 0 Å². The van der Waals surface area contributed by atoms with Crippen molar-refractivity contribution in [3.63, 3.8) is 0 Å². The lowest BCUT2D eigenvalue weighted by molar-refractivity contribution is -0.175. The average Bonchev–Trinajstić information content (AvgIpc) is 3.18. The third kappa shape index (κ3) is 3.22. The number of benzene rings is 1. The Kier molecular flexibility index (Phi) is 4.67. The molecule has 2 aromatic rings. The number of rotatable bonds is 5. The Morgan fingerprint density at radius 3 is 2.57 bits per heavy atom. The van der Waals surface area contributed by atoms with E-state index in [2.05, 4.69) is 29.6 Å². The van der Waals surface area contributed by atoms with Gasteiger partial charge in [0.05, 0.1) is 11.0 Å². The van der Waals surface area contributed by atoms with Gasteiger partial charge in [-0.3, -0.25) is 9.59 Å². The zero-order chi connectivity index (χ0) is 20.8. The van der Waals surface area contributed by atoms with Gasteiger partial charge >= 0.3 is 5.97 Å². The van der Waals surface area contributed by atoms with E-state index in [4.69, 9.17) is 10.00 Å². The van der Waals surface area contributed by atoms with Gasteiger partial charge in [-0.15, -0.1) is 11.3 Å². The molecular weight excluding hydrogens is 396 g/mol. The molecule has 6 heteroatoms. The minimum atomic E-state index is -0.471. The number of nitriles is 1. The quantitative estimate of drug-likeness (QED) is 0.715. The molecule has 4 aliphatic rings. The minimum Gasteiger partial charge on any atom is -0.455 e. The maximum atomic E-state index is 13.2. The smallest absolute Gasteiger partial charge is 0.312 e. The van der Waals surface area contributed by atoms with Gasteiger partial charge in [0.2, 0.25) is 0 Å². The van der Waals surface area contributed by atoms with E-state index in [-0.39, 0.29) is 18.0 Å². The van der Waals surface area contributed by atoms with Crippen molar-refractivity contribution in [2.75, 3.05) is 11.9 Å². The Bertz CT molecular complexity index is 1010. The van der Waals surface area contributed by atoms with Gasteiger partial charge in [0.1, 0.15) is 11.1 Å². The van der Waals surface area contributed by atoms with Crippen LogP contribution in [0.3, 0.4) is 0 Å². The number of nitrogens with zero attached hydrogens (tertiary/aromatic N) is 1. The summed E-state index contributed by atoms with van der Waals surface area (Å²) in [7, 11) is 0. The van der Waals surface area contributed by atoms with E-state index >= 15 is 0 Å². The Hall–Kier alpha value is -2.65. The monoisotopic (exact) mass is 420 g/mol. The van der Waals surface area contributed by atoms with Gasteiger partial charge in [0, 0.05) is 0 Å². The molecule has 1 heterocycles. The summed E-state index contributed by atoms with van der Waals surface area (Å²) in [6.45, 7) is -0.309. The van der Waals surface area contributed by atoms with Gasteiger partial charge in [-0.05, 0) is 72.8 Å². The first kappa shape index (κ1) is 19.3. The Morgan fingerprint density at radius 1 is 1.13 bits per heavy atom. The van der Waals surface area contributed by atoms with Crippen LogP contribution in [0.1, 0.15) is 49.7 Å². The van der Waals surface area contributed by atoms with Gasteiger partial charge in [-0.1, -0.05) is 30.3 Å². The maximum absolute atomic E-state index is 13.2. The number of anilines is 1. The fourth-order valence-corrected chi connectivity index (χ4v) is 7.33. The first-order valence-electron chi connectivity index (χ1n) is 10.5. The number of thiophene rings is 1. The van der Waals surface area contributed by atoms with E-state index in [1.807, 2.05) is 12.1 Å². The van der Waals surface area contributed by atoms with Crippen LogP contribution in [-0.2, 0) is 19.7 Å². The topological polar surface area (TPSA) is 79.2 Å². The molecule has 0 spiro atoms. The molecule has 30 heavy (non-hydrogen) atoms. The summed E-state index contributed by atoms with van der Waals surface area (Å²) in [6.07, 6.45) is 6.08. The third-order valence-corrected chi connectivity index (χ3v) is 8.08. The Morgan fingerprint density at radius 2 is 1.87 bits per heavy atom. The van der Waals surface area contributed by atoms with Crippen LogP contribution in [0.15, 0.2) is 41.8 Å². The number of esters is 1. The molecule has 0 aliphatic heterocycles. The standard InChI is InChI=1S/C24H24N2O3S/c25-13-18-6-7-30-21(18)26-20(27)14-29-22(28)24-11-16-8-17(12-24)10-23(9-16,15-24)19-4-2-1-3-5-19/h1-7,16-17H,8-12,14-15H2,(H,26,27)/t16-,17+,23?,24?.